The number of nitriles is 1. The number of fused-ring (bicyclic) bond motifs is 1. The highest BCUT2D eigenvalue weighted by atomic mass is 15.2. The highest BCUT2D eigenvalue weighted by Crippen LogP contribution is 2.33. The molecule has 0 aliphatic carbocycles. The standard InChI is InChI=1S/C18H20N4/c1-12-6-13-7-16(15-10-20-21(5)11-15)14(9-19)8-17(13)22(12)18(2,3)4/h6-8,10-11H,1-5H3. The first kappa shape index (κ1) is 14.4. The van der Waals surface area contributed by atoms with E-state index in [9.17, 15) is 5.26 Å². The Kier molecular flexibility index (Phi) is 3.10. The molecule has 0 radical (unpaired) electrons. The van der Waals surface area contributed by atoms with Crippen molar-refractivity contribution in [1.29, 1.82) is 5.26 Å². The summed E-state index contributed by atoms with van der Waals surface area (Å²) >= 11 is 0. The van der Waals surface area contributed by atoms with Gasteiger partial charge in [-0.3, -0.25) is 4.68 Å². The van der Waals surface area contributed by atoms with Gasteiger partial charge in [-0.25, -0.2) is 0 Å². The Morgan fingerprint density at radius 3 is 2.45 bits per heavy atom. The number of aryl methyl sites for hydroxylation is 2. The molecule has 0 bridgehead atoms. The van der Waals surface area contributed by atoms with Gasteiger partial charge in [0.15, 0.2) is 0 Å². The van der Waals surface area contributed by atoms with Crippen LogP contribution in [-0.2, 0) is 12.6 Å². The average molecular weight is 292 g/mol. The molecule has 0 aliphatic rings. The van der Waals surface area contributed by atoms with Gasteiger partial charge >= 0.3 is 0 Å². The van der Waals surface area contributed by atoms with Gasteiger partial charge in [0.25, 0.3) is 0 Å². The summed E-state index contributed by atoms with van der Waals surface area (Å²) in [6.45, 7) is 8.66. The minimum atomic E-state index is -0.0195. The van der Waals surface area contributed by atoms with Crippen molar-refractivity contribution in [2.45, 2.75) is 33.2 Å². The van der Waals surface area contributed by atoms with E-state index in [1.54, 1.807) is 10.9 Å². The van der Waals surface area contributed by atoms with E-state index in [4.69, 9.17) is 0 Å². The Labute approximate surface area is 130 Å². The van der Waals surface area contributed by atoms with Gasteiger partial charge in [-0.1, -0.05) is 0 Å². The molecule has 3 aromatic rings. The number of rotatable bonds is 1. The summed E-state index contributed by atoms with van der Waals surface area (Å²) in [5, 5.41) is 14.9. The molecule has 0 spiro atoms. The maximum absolute atomic E-state index is 9.56. The van der Waals surface area contributed by atoms with Crippen molar-refractivity contribution in [3.8, 4) is 17.2 Å². The van der Waals surface area contributed by atoms with Crippen molar-refractivity contribution in [2.75, 3.05) is 0 Å². The van der Waals surface area contributed by atoms with Gasteiger partial charge in [-0.2, -0.15) is 10.4 Å². The number of nitrogens with zero attached hydrogens (tertiary/aromatic N) is 4. The highest BCUT2D eigenvalue weighted by Gasteiger charge is 2.20. The summed E-state index contributed by atoms with van der Waals surface area (Å²) in [5.41, 5.74) is 4.89. The average Bonchev–Trinajstić information content (AvgIpc) is 2.98. The predicted molar refractivity (Wildman–Crippen MR) is 88.6 cm³/mol. The van der Waals surface area contributed by atoms with Crippen LogP contribution in [0.2, 0.25) is 0 Å². The van der Waals surface area contributed by atoms with E-state index in [0.29, 0.717) is 5.56 Å². The smallest absolute Gasteiger partial charge is 0.0998 e. The van der Waals surface area contributed by atoms with Crippen LogP contribution in [0.15, 0.2) is 30.6 Å². The van der Waals surface area contributed by atoms with Gasteiger partial charge in [-0.05, 0) is 45.9 Å². The lowest BCUT2D eigenvalue weighted by molar-refractivity contribution is 0.403. The summed E-state index contributed by atoms with van der Waals surface area (Å²) in [7, 11) is 1.88. The molecule has 0 unspecified atom stereocenters. The van der Waals surface area contributed by atoms with Crippen LogP contribution in [0, 0.1) is 18.3 Å². The quantitative estimate of drug-likeness (QED) is 0.681. The largest absolute Gasteiger partial charge is 0.340 e. The Bertz CT molecular complexity index is 898. The van der Waals surface area contributed by atoms with Gasteiger partial charge < -0.3 is 4.57 Å². The first-order chi connectivity index (χ1) is 10.3. The molecule has 22 heavy (non-hydrogen) atoms. The zero-order valence-corrected chi connectivity index (χ0v) is 13.7. The Hall–Kier alpha value is -2.54. The van der Waals surface area contributed by atoms with E-state index < -0.39 is 0 Å². The monoisotopic (exact) mass is 292 g/mol. The first-order valence-electron chi connectivity index (χ1n) is 7.37. The third-order valence-electron chi connectivity index (χ3n) is 3.93. The third-order valence-corrected chi connectivity index (χ3v) is 3.93. The summed E-state index contributed by atoms with van der Waals surface area (Å²) < 4.78 is 4.04. The molecule has 0 aliphatic heterocycles. The minimum absolute atomic E-state index is 0.0195. The maximum Gasteiger partial charge on any atom is 0.0998 e. The lowest BCUT2D eigenvalue weighted by Gasteiger charge is -2.25. The van der Waals surface area contributed by atoms with Crippen LogP contribution < -0.4 is 0 Å². The fourth-order valence-corrected chi connectivity index (χ4v) is 3.18. The number of benzene rings is 1. The van der Waals surface area contributed by atoms with Crippen molar-refractivity contribution >= 4 is 10.9 Å². The van der Waals surface area contributed by atoms with Crippen molar-refractivity contribution in [3.63, 3.8) is 0 Å². The molecule has 4 heteroatoms. The molecular formula is C18H20N4. The zero-order valence-electron chi connectivity index (χ0n) is 13.7. The number of hydrogen-bond donors (Lipinski definition) is 0. The fourth-order valence-electron chi connectivity index (χ4n) is 3.18. The van der Waals surface area contributed by atoms with Crippen molar-refractivity contribution < 1.29 is 0 Å². The van der Waals surface area contributed by atoms with Gasteiger partial charge in [0.2, 0.25) is 0 Å². The second-order valence-electron chi connectivity index (χ2n) is 6.76. The fraction of sp³-hybridized carbons (Fsp3) is 0.333. The van der Waals surface area contributed by atoms with E-state index in [-0.39, 0.29) is 5.54 Å². The second-order valence-corrected chi connectivity index (χ2v) is 6.76. The molecule has 0 atom stereocenters. The molecule has 2 aromatic heterocycles. The SMILES string of the molecule is Cc1cc2cc(-c3cnn(C)c3)c(C#N)cc2n1C(C)(C)C. The summed E-state index contributed by atoms with van der Waals surface area (Å²) in [5.74, 6) is 0. The van der Waals surface area contributed by atoms with E-state index in [1.165, 1.54) is 5.69 Å². The van der Waals surface area contributed by atoms with Gasteiger partial charge in [0.05, 0.1) is 23.3 Å². The van der Waals surface area contributed by atoms with Gasteiger partial charge in [0.1, 0.15) is 0 Å². The van der Waals surface area contributed by atoms with Gasteiger partial charge in [0, 0.05) is 41.0 Å². The van der Waals surface area contributed by atoms with Gasteiger partial charge in [-0.15, -0.1) is 0 Å². The van der Waals surface area contributed by atoms with Crippen molar-refractivity contribution in [1.82, 2.24) is 14.3 Å². The third kappa shape index (κ3) is 2.19. The molecule has 0 N–H and O–H groups in total. The highest BCUT2D eigenvalue weighted by molar-refractivity contribution is 5.89. The molecule has 2 heterocycles. The summed E-state index contributed by atoms with van der Waals surface area (Å²) in [6.07, 6.45) is 3.74. The summed E-state index contributed by atoms with van der Waals surface area (Å²) in [4.78, 5) is 0. The van der Waals surface area contributed by atoms with Crippen molar-refractivity contribution in [3.05, 3.63) is 41.9 Å². The summed E-state index contributed by atoms with van der Waals surface area (Å²) in [6, 6.07) is 8.61. The Morgan fingerprint density at radius 2 is 1.91 bits per heavy atom. The molecule has 3 rings (SSSR count). The molecular weight excluding hydrogens is 272 g/mol. The first-order valence-corrected chi connectivity index (χ1v) is 7.37. The Morgan fingerprint density at radius 1 is 1.18 bits per heavy atom. The van der Waals surface area contributed by atoms with Crippen LogP contribution in [0.25, 0.3) is 22.0 Å². The van der Waals surface area contributed by atoms with Crippen LogP contribution in [0.1, 0.15) is 32.0 Å². The molecule has 1 aromatic carbocycles. The van der Waals surface area contributed by atoms with E-state index >= 15 is 0 Å². The minimum Gasteiger partial charge on any atom is -0.340 e. The number of aromatic nitrogens is 3. The lowest BCUT2D eigenvalue weighted by Crippen LogP contribution is -2.22. The molecule has 0 saturated heterocycles. The molecule has 112 valence electrons. The zero-order chi connectivity index (χ0) is 16.1. The normalized spacial score (nSPS) is 11.8. The predicted octanol–water partition coefficient (Wildman–Crippen LogP) is 3.98. The molecule has 0 amide bonds. The van der Waals surface area contributed by atoms with E-state index in [2.05, 4.69) is 55.6 Å². The Balaban J connectivity index is 2.33. The van der Waals surface area contributed by atoms with Crippen LogP contribution in [0.5, 0.6) is 0 Å². The number of hydrogen-bond acceptors (Lipinski definition) is 2. The van der Waals surface area contributed by atoms with Crippen molar-refractivity contribution in [2.24, 2.45) is 7.05 Å². The van der Waals surface area contributed by atoms with E-state index in [0.717, 1.165) is 22.0 Å². The van der Waals surface area contributed by atoms with Crippen LogP contribution >= 0.6 is 0 Å². The molecule has 0 saturated carbocycles. The van der Waals surface area contributed by atoms with Crippen LogP contribution in [0.4, 0.5) is 0 Å². The maximum atomic E-state index is 9.56. The molecule has 4 nitrogen and oxygen atoms in total. The van der Waals surface area contributed by atoms with Crippen LogP contribution in [0.3, 0.4) is 0 Å². The lowest BCUT2D eigenvalue weighted by atomic mass is 10.0. The van der Waals surface area contributed by atoms with Crippen LogP contribution in [-0.4, -0.2) is 14.3 Å². The molecule has 0 fully saturated rings. The second kappa shape index (κ2) is 4.74. The topological polar surface area (TPSA) is 46.5 Å². The van der Waals surface area contributed by atoms with E-state index in [1.807, 2.05) is 19.3 Å².